The number of aliphatic hydroxyl groups excluding tert-OH is 1. The van der Waals surface area contributed by atoms with Crippen LogP contribution < -0.4 is 9.47 Å². The zero-order chi connectivity index (χ0) is 39.0. The number of hydrogen-bond donors (Lipinski definition) is 4. The normalized spacial score (nSPS) is 23.5. The maximum atomic E-state index is 15.4. The largest absolute Gasteiger partial charge is 0.457 e. The highest BCUT2D eigenvalue weighted by molar-refractivity contribution is 7.72. The van der Waals surface area contributed by atoms with Gasteiger partial charge in [-0.3, -0.25) is 4.57 Å². The van der Waals surface area contributed by atoms with Gasteiger partial charge in [0.25, 0.3) is 0 Å². The summed E-state index contributed by atoms with van der Waals surface area (Å²) in [6.45, 7) is -0.699. The second kappa shape index (κ2) is 13.2. The molecule has 4 heterocycles. The molecule has 10 rings (SSSR count). The summed E-state index contributed by atoms with van der Waals surface area (Å²) in [6.07, 6.45) is -1.30. The van der Waals surface area contributed by atoms with Gasteiger partial charge in [-0.25, -0.2) is 0 Å². The van der Waals surface area contributed by atoms with Gasteiger partial charge in [0.2, 0.25) is 0 Å². The van der Waals surface area contributed by atoms with Crippen LogP contribution in [0.4, 0.5) is 0 Å². The maximum absolute atomic E-state index is 15.4. The van der Waals surface area contributed by atoms with Gasteiger partial charge in [-0.15, -0.1) is 0 Å². The summed E-state index contributed by atoms with van der Waals surface area (Å²) in [5.41, 5.74) is -4.93. The van der Waals surface area contributed by atoms with Crippen LogP contribution >= 0.6 is 24.4 Å². The molecule has 0 saturated carbocycles. The number of ether oxygens (including phenoxy) is 3. The van der Waals surface area contributed by atoms with Crippen LogP contribution in [0.25, 0.3) is 0 Å². The van der Waals surface area contributed by atoms with E-state index in [2.05, 4.69) is 4.98 Å². The van der Waals surface area contributed by atoms with E-state index in [0.29, 0.717) is 61.0 Å². The van der Waals surface area contributed by atoms with Crippen LogP contribution in [0.15, 0.2) is 170 Å². The first-order chi connectivity index (χ1) is 27.8. The van der Waals surface area contributed by atoms with E-state index < -0.39 is 41.0 Å². The Labute approximate surface area is 338 Å². The molecule has 4 N–H and O–H groups in total. The van der Waals surface area contributed by atoms with E-state index in [1.807, 2.05) is 158 Å². The molecule has 1 saturated heterocycles. The summed E-state index contributed by atoms with van der Waals surface area (Å²) in [4.78, 5) is 3.07. The van der Waals surface area contributed by atoms with Crippen LogP contribution in [0.2, 0.25) is 0 Å². The van der Waals surface area contributed by atoms with Crippen LogP contribution in [-0.4, -0.2) is 48.8 Å². The first-order valence-electron chi connectivity index (χ1n) is 18.7. The van der Waals surface area contributed by atoms with Gasteiger partial charge in [0.1, 0.15) is 39.3 Å². The number of fused-ring (bicyclic) bond motifs is 4. The van der Waals surface area contributed by atoms with Crippen LogP contribution in [0.3, 0.4) is 0 Å². The van der Waals surface area contributed by atoms with Crippen molar-refractivity contribution in [2.45, 2.75) is 34.4 Å². The molecular weight excluding hydrogens is 753 g/mol. The molecule has 6 aromatic carbocycles. The van der Waals surface area contributed by atoms with Gasteiger partial charge in [0.15, 0.2) is 16.6 Å². The smallest absolute Gasteiger partial charge is 0.180 e. The van der Waals surface area contributed by atoms with Crippen molar-refractivity contribution in [1.82, 2.24) is 9.55 Å². The van der Waals surface area contributed by atoms with Crippen molar-refractivity contribution in [2.24, 2.45) is 0 Å². The molecule has 57 heavy (non-hydrogen) atoms. The Hall–Kier alpha value is -5.72. The van der Waals surface area contributed by atoms with Crippen molar-refractivity contribution >= 4 is 24.4 Å². The predicted molar refractivity (Wildman–Crippen MR) is 220 cm³/mol. The Morgan fingerprint density at radius 2 is 0.912 bits per heavy atom. The molecule has 0 radical (unpaired) electrons. The Morgan fingerprint density at radius 3 is 1.32 bits per heavy atom. The van der Waals surface area contributed by atoms with Crippen LogP contribution in [-0.2, 0) is 15.6 Å². The van der Waals surface area contributed by atoms with E-state index in [0.717, 1.165) is 0 Å². The first kappa shape index (κ1) is 35.7. The Morgan fingerprint density at radius 1 is 0.526 bits per heavy atom. The van der Waals surface area contributed by atoms with Crippen LogP contribution in [0.1, 0.15) is 39.6 Å². The van der Waals surface area contributed by atoms with Gasteiger partial charge in [0.05, 0.1) is 17.4 Å². The Balaban J connectivity index is 1.49. The predicted octanol–water partition coefficient (Wildman–Crippen LogP) is 8.91. The minimum absolute atomic E-state index is 0.144. The fourth-order valence-corrected chi connectivity index (χ4v) is 10.6. The SMILES string of the molecule is OCC1OC(n2ccc(=S)[nH]c2=S)[C@@](O)(C2(c3ccccc3)c3ccccc3Oc3ccccc32)[C@@]1(O)C1(c2ccccc2)c2ccccc2Oc2ccccc21. The minimum atomic E-state index is -2.52. The van der Waals surface area contributed by atoms with E-state index in [1.54, 1.807) is 16.8 Å². The molecule has 282 valence electrons. The number of hydrogen-bond acceptors (Lipinski definition) is 8. The lowest BCUT2D eigenvalue weighted by Gasteiger charge is -2.61. The van der Waals surface area contributed by atoms with E-state index in [4.69, 9.17) is 38.6 Å². The van der Waals surface area contributed by atoms with Crippen LogP contribution in [0, 0.1) is 9.41 Å². The molecule has 3 aliphatic heterocycles. The highest BCUT2D eigenvalue weighted by atomic mass is 32.1. The quantitative estimate of drug-likeness (QED) is 0.124. The molecule has 3 aliphatic rings. The van der Waals surface area contributed by atoms with Crippen molar-refractivity contribution in [1.29, 1.82) is 0 Å². The fourth-order valence-electron chi connectivity index (χ4n) is 10.1. The molecule has 1 aromatic heterocycles. The minimum Gasteiger partial charge on any atom is -0.457 e. The third kappa shape index (κ3) is 4.56. The molecule has 10 heteroatoms. The Bertz CT molecular complexity index is 2700. The van der Waals surface area contributed by atoms with Crippen molar-refractivity contribution < 1.29 is 29.5 Å². The van der Waals surface area contributed by atoms with E-state index in [1.165, 1.54) is 0 Å². The lowest BCUT2D eigenvalue weighted by atomic mass is 9.44. The molecule has 0 aliphatic carbocycles. The highest BCUT2D eigenvalue weighted by Crippen LogP contribution is 2.72. The second-order valence-electron chi connectivity index (χ2n) is 14.6. The fraction of sp³-hybridized carbons (Fsp3) is 0.149. The highest BCUT2D eigenvalue weighted by Gasteiger charge is 2.83. The third-order valence-corrected chi connectivity index (χ3v) is 12.7. The lowest BCUT2D eigenvalue weighted by Crippen LogP contribution is -2.77. The number of nitrogens with one attached hydrogen (secondary N) is 1. The molecule has 0 amide bonds. The summed E-state index contributed by atoms with van der Waals surface area (Å²) in [6, 6.07) is 51.0. The van der Waals surface area contributed by atoms with Gasteiger partial charge >= 0.3 is 0 Å². The monoisotopic (exact) mass is 788 g/mol. The van der Waals surface area contributed by atoms with Crippen molar-refractivity contribution in [2.75, 3.05) is 6.61 Å². The van der Waals surface area contributed by atoms with E-state index in [9.17, 15) is 5.11 Å². The molecule has 7 aromatic rings. The van der Waals surface area contributed by atoms with Crippen molar-refractivity contribution in [3.8, 4) is 23.0 Å². The molecule has 0 spiro atoms. The number of H-pyrrole nitrogens is 1. The summed E-state index contributed by atoms with van der Waals surface area (Å²) in [7, 11) is 0. The second-order valence-corrected chi connectivity index (χ2v) is 15.5. The average Bonchev–Trinajstić information content (AvgIpc) is 3.49. The topological polar surface area (TPSA) is 109 Å². The number of nitrogens with zero attached hydrogens (tertiary/aromatic N) is 1. The van der Waals surface area contributed by atoms with Gasteiger partial charge in [-0.05, 0) is 53.7 Å². The molecule has 0 bridgehead atoms. The third-order valence-electron chi connectivity index (χ3n) is 12.1. The summed E-state index contributed by atoms with van der Waals surface area (Å²) in [5, 5.41) is 42.4. The summed E-state index contributed by atoms with van der Waals surface area (Å²) >= 11 is 11.5. The number of aromatic amines is 1. The Kier molecular flexibility index (Phi) is 8.24. The van der Waals surface area contributed by atoms with Gasteiger partial charge < -0.3 is 34.5 Å². The molecule has 8 nitrogen and oxygen atoms in total. The van der Waals surface area contributed by atoms with E-state index in [-0.39, 0.29) is 4.77 Å². The number of aliphatic hydroxyl groups is 3. The molecule has 1 fully saturated rings. The number of para-hydroxylation sites is 4. The van der Waals surface area contributed by atoms with Crippen molar-refractivity contribution in [3.63, 3.8) is 0 Å². The average molecular weight is 789 g/mol. The lowest BCUT2D eigenvalue weighted by molar-refractivity contribution is -0.204. The van der Waals surface area contributed by atoms with E-state index >= 15 is 10.2 Å². The number of aromatic nitrogens is 2. The number of benzene rings is 6. The zero-order valence-electron chi connectivity index (χ0n) is 30.4. The zero-order valence-corrected chi connectivity index (χ0v) is 32.0. The van der Waals surface area contributed by atoms with Gasteiger partial charge in [0, 0.05) is 28.5 Å². The van der Waals surface area contributed by atoms with Crippen LogP contribution in [0.5, 0.6) is 23.0 Å². The first-order valence-corrected chi connectivity index (χ1v) is 19.5. The van der Waals surface area contributed by atoms with Crippen molar-refractivity contribution in [3.05, 3.63) is 213 Å². The summed E-state index contributed by atoms with van der Waals surface area (Å²) in [5.74, 6) is 1.88. The molecule has 4 atom stereocenters. The summed E-state index contributed by atoms with van der Waals surface area (Å²) < 4.78 is 22.6. The number of rotatable bonds is 6. The molecule has 2 unspecified atom stereocenters. The molecular formula is C47H36N2O6S2. The van der Waals surface area contributed by atoms with Gasteiger partial charge in [-0.2, -0.15) is 0 Å². The maximum Gasteiger partial charge on any atom is 0.180 e. The van der Waals surface area contributed by atoms with Gasteiger partial charge in [-0.1, -0.05) is 146 Å². The standard InChI is InChI=1S/C47H36N2O6S2/c50-29-40-46(51,44(30-15-3-1-4-16-30)32-19-7-11-23-36(32)53-37-24-12-8-20-33(37)44)47(52,42(55-40)49-28-27-41(56)48-43(49)57)45(31-17-5-2-6-18-31)34-21-9-13-25-38(34)54-39-26-14-10-22-35(39)45/h1-28,40,42,50-52H,29H2,(H,48,56,57)/t40?,42?,46-,47+/m0/s1.